The molecule has 0 amide bonds. The molecule has 0 aliphatic carbocycles. The van der Waals surface area contributed by atoms with Gasteiger partial charge < -0.3 is 19.7 Å². The van der Waals surface area contributed by atoms with Crippen molar-refractivity contribution in [2.45, 2.75) is 0 Å². The first kappa shape index (κ1) is 40.8. The van der Waals surface area contributed by atoms with E-state index in [2.05, 4.69) is 288 Å². The molecule has 0 radical (unpaired) electrons. The molecule has 4 heteroatoms. The van der Waals surface area contributed by atoms with Crippen LogP contribution in [0.25, 0.3) is 44.3 Å². The lowest BCUT2D eigenvalue weighted by molar-refractivity contribution is 1.27. The number of para-hydroxylation sites is 4. The largest absolute Gasteiger partial charge is 0.352 e. The van der Waals surface area contributed by atoms with Gasteiger partial charge in [0, 0.05) is 51.7 Å². The van der Waals surface area contributed by atoms with Crippen molar-refractivity contribution in [1.82, 2.24) is 4.98 Å². The van der Waals surface area contributed by atoms with Crippen LogP contribution in [0.4, 0.5) is 51.2 Å². The number of hydrogen-bond donors (Lipinski definition) is 0. The molecule has 0 aliphatic rings. The fourth-order valence-electron chi connectivity index (χ4n) is 8.90. The van der Waals surface area contributed by atoms with Gasteiger partial charge in [0.15, 0.2) is 0 Å². The second-order valence-electron chi connectivity index (χ2n) is 16.4. The first-order valence-electron chi connectivity index (χ1n) is 22.6. The molecule has 1 aromatic heterocycles. The van der Waals surface area contributed by atoms with E-state index >= 15 is 0 Å². The van der Waals surface area contributed by atoms with Crippen molar-refractivity contribution < 1.29 is 0 Å². The highest BCUT2D eigenvalue weighted by atomic mass is 15.2. The van der Waals surface area contributed by atoms with Crippen molar-refractivity contribution in [2.24, 2.45) is 0 Å². The number of pyridine rings is 1. The number of rotatable bonds is 12. The summed E-state index contributed by atoms with van der Waals surface area (Å²) in [4.78, 5) is 11.7. The number of nitrogens with zero attached hydrogens (tertiary/aromatic N) is 4. The molecule has 0 bridgehead atoms. The number of anilines is 9. The van der Waals surface area contributed by atoms with Gasteiger partial charge in [-0.25, -0.2) is 0 Å². The van der Waals surface area contributed by atoms with Crippen molar-refractivity contribution in [3.63, 3.8) is 0 Å². The Kier molecular flexibility index (Phi) is 11.3. The summed E-state index contributed by atoms with van der Waals surface area (Å²) in [6.45, 7) is 0. The lowest BCUT2D eigenvalue weighted by Crippen LogP contribution is -2.10. The van der Waals surface area contributed by atoms with Crippen LogP contribution in [0.15, 0.2) is 273 Å². The fraction of sp³-hybridized carbons (Fsp3) is 0. The minimum Gasteiger partial charge on any atom is -0.352 e. The van der Waals surface area contributed by atoms with Crippen LogP contribution in [0, 0.1) is 6.07 Å². The Hall–Kier alpha value is -8.99. The van der Waals surface area contributed by atoms with Crippen molar-refractivity contribution in [3.8, 4) is 33.5 Å². The van der Waals surface area contributed by atoms with E-state index in [0.717, 1.165) is 95.5 Å². The molecular weight excluding hydrogens is 813 g/mol. The lowest BCUT2D eigenvalue weighted by atomic mass is 10.0. The maximum Gasteiger partial charge on any atom is 0.0462 e. The Bertz CT molecular complexity index is 3090. The second-order valence-corrected chi connectivity index (χ2v) is 16.4. The third-order valence-corrected chi connectivity index (χ3v) is 12.2. The van der Waals surface area contributed by atoms with Crippen LogP contribution in [0.5, 0.6) is 0 Å². The number of aromatic nitrogens is 1. The molecule has 318 valence electrons. The maximum atomic E-state index is 4.79. The van der Waals surface area contributed by atoms with Crippen molar-refractivity contribution in [3.05, 3.63) is 279 Å². The standard InChI is InChI=1S/C63H45N4/c1-5-16-53(17-6-1)65(54-18-7-2-8-19-54)57-35-25-47(26-36-57)49-29-39-59(40-30-49)67(61-43-33-52(34-44-61)63-62-24-14-13-15-51(62)45-46-64-63)60-41-31-50(32-42-60)48-27-37-58(38-28-48)66(55-20-9-3-10-21-55)56-22-11-4-12-23-56/h1-33,35-46H/q-1. The highest BCUT2D eigenvalue weighted by molar-refractivity contribution is 5.95. The minimum absolute atomic E-state index is 0.924. The van der Waals surface area contributed by atoms with Crippen molar-refractivity contribution in [1.29, 1.82) is 0 Å². The molecule has 0 N–H and O–H groups in total. The van der Waals surface area contributed by atoms with Crippen LogP contribution in [-0.2, 0) is 0 Å². The van der Waals surface area contributed by atoms with E-state index in [4.69, 9.17) is 4.98 Å². The molecule has 0 spiro atoms. The highest BCUT2D eigenvalue weighted by Crippen LogP contribution is 2.41. The lowest BCUT2D eigenvalue weighted by Gasteiger charge is -2.30. The maximum absolute atomic E-state index is 4.79. The van der Waals surface area contributed by atoms with Gasteiger partial charge in [0.1, 0.15) is 0 Å². The van der Waals surface area contributed by atoms with E-state index in [1.54, 1.807) is 0 Å². The molecule has 0 saturated carbocycles. The van der Waals surface area contributed by atoms with E-state index in [9.17, 15) is 0 Å². The van der Waals surface area contributed by atoms with E-state index in [1.165, 1.54) is 0 Å². The van der Waals surface area contributed by atoms with Crippen LogP contribution >= 0.6 is 0 Å². The molecule has 11 rings (SSSR count). The Balaban J connectivity index is 0.910. The Morgan fingerprint density at radius 2 is 0.582 bits per heavy atom. The summed E-state index contributed by atoms with van der Waals surface area (Å²) in [5.41, 5.74) is 16.2. The average Bonchev–Trinajstić information content (AvgIpc) is 3.41. The normalized spacial score (nSPS) is 11.0. The van der Waals surface area contributed by atoms with E-state index < -0.39 is 0 Å². The van der Waals surface area contributed by atoms with E-state index in [-0.39, 0.29) is 0 Å². The quantitative estimate of drug-likeness (QED) is 0.114. The Morgan fingerprint density at radius 1 is 0.269 bits per heavy atom. The predicted octanol–water partition coefficient (Wildman–Crippen LogP) is 17.4. The topological polar surface area (TPSA) is 22.6 Å². The zero-order valence-electron chi connectivity index (χ0n) is 36.8. The summed E-state index contributed by atoms with van der Waals surface area (Å²) in [6, 6.07) is 97.8. The number of benzene rings is 10. The first-order valence-corrected chi connectivity index (χ1v) is 22.6. The molecule has 1 heterocycles. The summed E-state index contributed by atoms with van der Waals surface area (Å²) in [5.74, 6) is 0. The summed E-state index contributed by atoms with van der Waals surface area (Å²) in [7, 11) is 0. The summed E-state index contributed by atoms with van der Waals surface area (Å²) in [6.07, 6.45) is 1.88. The highest BCUT2D eigenvalue weighted by Gasteiger charge is 2.15. The fourth-order valence-corrected chi connectivity index (χ4v) is 8.90. The predicted molar refractivity (Wildman–Crippen MR) is 281 cm³/mol. The van der Waals surface area contributed by atoms with Crippen LogP contribution in [0.1, 0.15) is 0 Å². The zero-order valence-corrected chi connectivity index (χ0v) is 36.8. The molecule has 0 atom stereocenters. The van der Waals surface area contributed by atoms with Gasteiger partial charge >= 0.3 is 0 Å². The molecule has 0 unspecified atom stereocenters. The van der Waals surface area contributed by atoms with Gasteiger partial charge in [-0.2, -0.15) is 0 Å². The first-order chi connectivity index (χ1) is 33.2. The molecule has 0 aliphatic heterocycles. The van der Waals surface area contributed by atoms with Gasteiger partial charge in [-0.3, -0.25) is 0 Å². The molecule has 0 fully saturated rings. The molecule has 67 heavy (non-hydrogen) atoms. The third kappa shape index (κ3) is 8.55. The van der Waals surface area contributed by atoms with Gasteiger partial charge in [0.05, 0.1) is 0 Å². The summed E-state index contributed by atoms with van der Waals surface area (Å²) in [5, 5.41) is 2.27. The molecule has 0 saturated heterocycles. The molecule has 10 aromatic carbocycles. The van der Waals surface area contributed by atoms with Crippen LogP contribution < -0.4 is 14.7 Å². The van der Waals surface area contributed by atoms with Crippen molar-refractivity contribution in [2.75, 3.05) is 14.7 Å². The van der Waals surface area contributed by atoms with Crippen LogP contribution in [-0.4, -0.2) is 4.98 Å². The van der Waals surface area contributed by atoms with E-state index in [1.807, 2.05) is 6.20 Å². The van der Waals surface area contributed by atoms with Gasteiger partial charge in [-0.15, -0.1) is 29.8 Å². The molecule has 4 nitrogen and oxygen atoms in total. The Morgan fingerprint density at radius 3 is 0.940 bits per heavy atom. The van der Waals surface area contributed by atoms with Gasteiger partial charge in [0.2, 0.25) is 0 Å². The minimum atomic E-state index is 0.924. The van der Waals surface area contributed by atoms with Gasteiger partial charge in [-0.05, 0) is 148 Å². The second kappa shape index (κ2) is 18.6. The third-order valence-electron chi connectivity index (χ3n) is 12.2. The smallest absolute Gasteiger partial charge is 0.0462 e. The Labute approximate surface area is 392 Å². The zero-order chi connectivity index (χ0) is 44.8. The average molecular weight is 858 g/mol. The monoisotopic (exact) mass is 857 g/mol. The van der Waals surface area contributed by atoms with Crippen LogP contribution in [0.3, 0.4) is 0 Å². The van der Waals surface area contributed by atoms with E-state index in [0.29, 0.717) is 0 Å². The summed E-state index contributed by atoms with van der Waals surface area (Å²) >= 11 is 0. The number of fused-ring (bicyclic) bond motifs is 1. The SMILES string of the molecule is [c-]1cc(N(c2ccc(-c3ccc(N(c4ccccc4)c4ccccc4)cc3)cc2)c2ccc(-c3ccc(N(c4ccccc4)c4ccccc4)cc3)cc2)ccc1-c1nccc2ccccc12. The van der Waals surface area contributed by atoms with Crippen molar-refractivity contribution >= 4 is 62.0 Å². The summed E-state index contributed by atoms with van der Waals surface area (Å²) < 4.78 is 0. The van der Waals surface area contributed by atoms with Crippen LogP contribution in [0.2, 0.25) is 0 Å². The molecular formula is C63H45N4-. The van der Waals surface area contributed by atoms with Gasteiger partial charge in [-0.1, -0.05) is 146 Å². The van der Waals surface area contributed by atoms with Gasteiger partial charge in [0.25, 0.3) is 0 Å². The number of hydrogen-bond acceptors (Lipinski definition) is 4. The molecule has 11 aromatic rings.